The van der Waals surface area contributed by atoms with Crippen LogP contribution < -0.4 is 15.8 Å². The molecule has 2 aromatic heterocycles. The lowest BCUT2D eigenvalue weighted by atomic mass is 9.97. The number of hydrogen-bond donors (Lipinski definition) is 3. The van der Waals surface area contributed by atoms with Crippen LogP contribution in [0.1, 0.15) is 42.7 Å². The molecule has 3 aromatic rings. The number of benzene rings is 1. The molecule has 6 nitrogen and oxygen atoms in total. The van der Waals surface area contributed by atoms with Gasteiger partial charge >= 0.3 is 0 Å². The van der Waals surface area contributed by atoms with Crippen molar-refractivity contribution in [2.75, 3.05) is 11.1 Å². The van der Waals surface area contributed by atoms with Gasteiger partial charge in [0, 0.05) is 22.8 Å². The first-order valence-corrected chi connectivity index (χ1v) is 10.1. The lowest BCUT2D eigenvalue weighted by Gasteiger charge is -2.19. The summed E-state index contributed by atoms with van der Waals surface area (Å²) in [6, 6.07) is 1.55. The highest BCUT2D eigenvalue weighted by molar-refractivity contribution is 7.19. The summed E-state index contributed by atoms with van der Waals surface area (Å²) in [5, 5.41) is 11.6. The van der Waals surface area contributed by atoms with Crippen molar-refractivity contribution in [2.45, 2.75) is 45.6 Å². The molecule has 0 fully saturated rings. The summed E-state index contributed by atoms with van der Waals surface area (Å²) in [5.41, 5.74) is 7.49. The molecule has 0 bridgehead atoms. The van der Waals surface area contributed by atoms with E-state index < -0.39 is 5.82 Å². The average molecular weight is 399 g/mol. The van der Waals surface area contributed by atoms with Crippen molar-refractivity contribution in [1.82, 2.24) is 9.97 Å². The van der Waals surface area contributed by atoms with Crippen LogP contribution >= 0.6 is 11.3 Å². The number of fused-ring (bicyclic) bond motifs is 3. The molecule has 1 aliphatic rings. The normalized spacial score (nSPS) is 13.6. The first kappa shape index (κ1) is 18.6. The van der Waals surface area contributed by atoms with Crippen LogP contribution in [0.4, 0.5) is 21.6 Å². The Morgan fingerprint density at radius 1 is 1.32 bits per heavy atom. The Morgan fingerprint density at radius 2 is 2.11 bits per heavy atom. The highest BCUT2D eigenvalue weighted by atomic mass is 32.1. The van der Waals surface area contributed by atoms with E-state index in [1.807, 2.05) is 13.8 Å². The zero-order chi connectivity index (χ0) is 19.8. The van der Waals surface area contributed by atoms with Gasteiger partial charge in [-0.1, -0.05) is 0 Å². The number of ether oxygens (including phenoxy) is 1. The molecule has 8 heteroatoms. The average Bonchev–Trinajstić information content (AvgIpc) is 3.04. The SMILES string of the molecule is CC(C)Oc1cc(N)c(C=N)c(F)c1Nc1ncnc2sc3c(c12)CCCC3. The van der Waals surface area contributed by atoms with Crippen molar-refractivity contribution in [3.05, 3.63) is 34.2 Å². The molecule has 2 heterocycles. The number of nitrogens with one attached hydrogen (secondary N) is 2. The molecule has 1 aliphatic carbocycles. The van der Waals surface area contributed by atoms with Gasteiger partial charge in [-0.05, 0) is 45.1 Å². The minimum absolute atomic E-state index is 0.0243. The van der Waals surface area contributed by atoms with E-state index in [2.05, 4.69) is 15.3 Å². The van der Waals surface area contributed by atoms with Crippen LogP contribution in [0.2, 0.25) is 0 Å². The lowest BCUT2D eigenvalue weighted by molar-refractivity contribution is 0.243. The topological polar surface area (TPSA) is 96.9 Å². The maximum absolute atomic E-state index is 15.2. The van der Waals surface area contributed by atoms with Crippen molar-refractivity contribution in [3.63, 3.8) is 0 Å². The van der Waals surface area contributed by atoms with Gasteiger partial charge in [0.15, 0.2) is 5.82 Å². The zero-order valence-electron chi connectivity index (χ0n) is 15.8. The summed E-state index contributed by atoms with van der Waals surface area (Å²) in [5.74, 6) is 0.227. The third-order valence-corrected chi connectivity index (χ3v) is 6.00. The second kappa shape index (κ2) is 7.35. The molecule has 0 atom stereocenters. The van der Waals surface area contributed by atoms with E-state index in [1.165, 1.54) is 23.2 Å². The van der Waals surface area contributed by atoms with Crippen molar-refractivity contribution in [1.29, 1.82) is 5.41 Å². The van der Waals surface area contributed by atoms with Gasteiger partial charge in [0.05, 0.1) is 17.1 Å². The quantitative estimate of drug-likeness (QED) is 0.422. The van der Waals surface area contributed by atoms with Crippen LogP contribution in [0.3, 0.4) is 0 Å². The Hall–Kier alpha value is -2.74. The number of rotatable bonds is 5. The number of nitrogens with two attached hydrogens (primary N) is 1. The van der Waals surface area contributed by atoms with Gasteiger partial charge in [0.25, 0.3) is 0 Å². The third kappa shape index (κ3) is 3.17. The monoisotopic (exact) mass is 399 g/mol. The van der Waals surface area contributed by atoms with E-state index in [4.69, 9.17) is 15.9 Å². The van der Waals surface area contributed by atoms with E-state index in [-0.39, 0.29) is 23.0 Å². The predicted octanol–water partition coefficient (Wildman–Crippen LogP) is 4.82. The summed E-state index contributed by atoms with van der Waals surface area (Å²) in [7, 11) is 0. The first-order chi connectivity index (χ1) is 13.5. The second-order valence-electron chi connectivity index (χ2n) is 7.12. The number of hydrogen-bond acceptors (Lipinski definition) is 7. The summed E-state index contributed by atoms with van der Waals surface area (Å²) in [6.07, 6.45) is 6.57. The van der Waals surface area contributed by atoms with Gasteiger partial charge in [0.1, 0.15) is 28.4 Å². The number of halogens is 1. The van der Waals surface area contributed by atoms with Gasteiger partial charge in [-0.25, -0.2) is 14.4 Å². The number of aromatic nitrogens is 2. The van der Waals surface area contributed by atoms with Crippen molar-refractivity contribution < 1.29 is 9.13 Å². The molecular formula is C20H22FN5OS. The van der Waals surface area contributed by atoms with Crippen molar-refractivity contribution >= 4 is 45.0 Å². The third-order valence-electron chi connectivity index (χ3n) is 4.80. The smallest absolute Gasteiger partial charge is 0.161 e. The van der Waals surface area contributed by atoms with Crippen molar-refractivity contribution in [2.24, 2.45) is 0 Å². The standard InChI is InChI=1S/C20H22FN5OS/c1-10(2)27-14-7-13(23)12(8-22)17(21)18(14)26-19-16-11-5-3-4-6-15(11)28-20(16)25-9-24-19/h7-10,22H,3-6,23H2,1-2H3,(H,24,25,26). The summed E-state index contributed by atoms with van der Waals surface area (Å²) in [4.78, 5) is 11.0. The molecule has 4 rings (SSSR count). The van der Waals surface area contributed by atoms with Gasteiger partial charge in [-0.2, -0.15) is 0 Å². The molecule has 28 heavy (non-hydrogen) atoms. The Morgan fingerprint density at radius 3 is 2.86 bits per heavy atom. The molecule has 0 aliphatic heterocycles. The number of thiophene rings is 1. The van der Waals surface area contributed by atoms with Gasteiger partial charge in [-0.15, -0.1) is 11.3 Å². The molecular weight excluding hydrogens is 377 g/mol. The molecule has 0 saturated carbocycles. The molecule has 4 N–H and O–H groups in total. The van der Waals surface area contributed by atoms with Gasteiger partial charge in [-0.3, -0.25) is 0 Å². The lowest BCUT2D eigenvalue weighted by Crippen LogP contribution is -2.11. The molecule has 146 valence electrons. The highest BCUT2D eigenvalue weighted by Gasteiger charge is 2.23. The molecule has 0 spiro atoms. The zero-order valence-corrected chi connectivity index (χ0v) is 16.6. The van der Waals surface area contributed by atoms with E-state index in [1.54, 1.807) is 17.4 Å². The van der Waals surface area contributed by atoms with Gasteiger partial charge in [0.2, 0.25) is 0 Å². The number of nitrogen functional groups attached to an aromatic ring is 1. The fourth-order valence-electron chi connectivity index (χ4n) is 3.57. The van der Waals surface area contributed by atoms with E-state index >= 15 is 4.39 Å². The van der Waals surface area contributed by atoms with Gasteiger partial charge < -0.3 is 21.2 Å². The molecule has 0 radical (unpaired) electrons. The van der Waals surface area contributed by atoms with E-state index in [0.29, 0.717) is 11.6 Å². The molecule has 0 saturated heterocycles. The molecule has 1 aromatic carbocycles. The Kier molecular flexibility index (Phi) is 4.89. The van der Waals surface area contributed by atoms with Crippen LogP contribution in [-0.2, 0) is 12.8 Å². The maximum Gasteiger partial charge on any atom is 0.161 e. The Labute approximate surface area is 166 Å². The predicted molar refractivity (Wildman–Crippen MR) is 112 cm³/mol. The Balaban J connectivity index is 1.87. The van der Waals surface area contributed by atoms with E-state index in [0.717, 1.165) is 35.7 Å². The van der Waals surface area contributed by atoms with E-state index in [9.17, 15) is 0 Å². The van der Waals surface area contributed by atoms with Crippen molar-refractivity contribution in [3.8, 4) is 5.75 Å². The second-order valence-corrected chi connectivity index (χ2v) is 8.20. The fourth-order valence-corrected chi connectivity index (χ4v) is 4.80. The minimum Gasteiger partial charge on any atom is -0.489 e. The summed E-state index contributed by atoms with van der Waals surface area (Å²) >= 11 is 1.68. The van der Waals surface area contributed by atoms with Crippen LogP contribution in [0, 0.1) is 11.2 Å². The number of nitrogens with zero attached hydrogens (tertiary/aromatic N) is 2. The minimum atomic E-state index is -0.624. The highest BCUT2D eigenvalue weighted by Crippen LogP contribution is 2.41. The summed E-state index contributed by atoms with van der Waals surface area (Å²) < 4.78 is 21.0. The van der Waals surface area contributed by atoms with Crippen LogP contribution in [-0.4, -0.2) is 22.3 Å². The molecule has 0 unspecified atom stereocenters. The number of aryl methyl sites for hydroxylation is 2. The van der Waals surface area contributed by atoms with Crippen LogP contribution in [0.5, 0.6) is 5.75 Å². The fraction of sp³-hybridized carbons (Fsp3) is 0.350. The summed E-state index contributed by atoms with van der Waals surface area (Å²) in [6.45, 7) is 3.72. The largest absolute Gasteiger partial charge is 0.489 e. The molecule has 0 amide bonds. The van der Waals surface area contributed by atoms with Crippen LogP contribution in [0.15, 0.2) is 12.4 Å². The Bertz CT molecular complexity index is 1060. The number of anilines is 3. The maximum atomic E-state index is 15.2. The first-order valence-electron chi connectivity index (χ1n) is 9.31. The van der Waals surface area contributed by atoms with Crippen LogP contribution in [0.25, 0.3) is 10.2 Å².